The molecule has 0 bridgehead atoms. The summed E-state index contributed by atoms with van der Waals surface area (Å²) in [5, 5.41) is 0. The minimum absolute atomic E-state index is 0.0308. The van der Waals surface area contributed by atoms with Gasteiger partial charge >= 0.3 is 0 Å². The molecule has 1 atom stereocenters. The van der Waals surface area contributed by atoms with Gasteiger partial charge in [0, 0.05) is 25.5 Å². The Hall–Kier alpha value is -0.910. The van der Waals surface area contributed by atoms with Crippen LogP contribution in [0.5, 0.6) is 0 Å². The van der Waals surface area contributed by atoms with Crippen molar-refractivity contribution in [3.05, 3.63) is 29.8 Å². The third-order valence-electron chi connectivity index (χ3n) is 3.66. The first kappa shape index (κ1) is 14.5. The van der Waals surface area contributed by atoms with Crippen LogP contribution in [0.25, 0.3) is 0 Å². The largest absolute Gasteiger partial charge is 0.381 e. The quantitative estimate of drug-likeness (QED) is 0.916. The summed E-state index contributed by atoms with van der Waals surface area (Å²) >= 11 is 0. The van der Waals surface area contributed by atoms with Crippen LogP contribution in [0.1, 0.15) is 30.9 Å². The standard InChI is InChI=1S/C14H21NO3S/c1-19(16,17)13-4-2-12(3-5-13)14(15)10-11-6-8-18-9-7-11/h2-5,11,14H,6-10,15H2,1H3. The molecule has 1 aromatic rings. The van der Waals surface area contributed by atoms with E-state index >= 15 is 0 Å². The summed E-state index contributed by atoms with van der Waals surface area (Å²) in [6.07, 6.45) is 4.27. The highest BCUT2D eigenvalue weighted by atomic mass is 32.2. The van der Waals surface area contributed by atoms with Crippen LogP contribution in [0.2, 0.25) is 0 Å². The van der Waals surface area contributed by atoms with Crippen molar-refractivity contribution in [3.8, 4) is 0 Å². The van der Waals surface area contributed by atoms with Crippen LogP contribution in [-0.2, 0) is 14.6 Å². The fourth-order valence-corrected chi connectivity index (χ4v) is 3.07. The smallest absolute Gasteiger partial charge is 0.175 e. The van der Waals surface area contributed by atoms with Crippen molar-refractivity contribution in [3.63, 3.8) is 0 Å². The molecule has 106 valence electrons. The number of ether oxygens (including phenoxy) is 1. The van der Waals surface area contributed by atoms with Crippen LogP contribution < -0.4 is 5.73 Å². The van der Waals surface area contributed by atoms with E-state index in [0.717, 1.165) is 38.0 Å². The van der Waals surface area contributed by atoms with Crippen LogP contribution in [-0.4, -0.2) is 27.9 Å². The first-order valence-corrected chi connectivity index (χ1v) is 8.49. The van der Waals surface area contributed by atoms with E-state index in [9.17, 15) is 8.42 Å². The number of rotatable bonds is 4. The van der Waals surface area contributed by atoms with Gasteiger partial charge in [-0.2, -0.15) is 0 Å². The fourth-order valence-electron chi connectivity index (χ4n) is 2.44. The molecule has 0 saturated carbocycles. The molecule has 2 N–H and O–H groups in total. The lowest BCUT2D eigenvalue weighted by Gasteiger charge is -2.25. The van der Waals surface area contributed by atoms with E-state index in [0.29, 0.717) is 10.8 Å². The average molecular weight is 283 g/mol. The SMILES string of the molecule is CS(=O)(=O)c1ccc(C(N)CC2CCOCC2)cc1. The van der Waals surface area contributed by atoms with Gasteiger partial charge in [-0.1, -0.05) is 12.1 Å². The monoisotopic (exact) mass is 283 g/mol. The minimum atomic E-state index is -3.13. The molecule has 1 fully saturated rings. The van der Waals surface area contributed by atoms with Crippen LogP contribution in [0.15, 0.2) is 29.2 Å². The molecule has 4 nitrogen and oxygen atoms in total. The summed E-state index contributed by atoms with van der Waals surface area (Å²) in [5.74, 6) is 0.610. The van der Waals surface area contributed by atoms with Crippen LogP contribution in [0, 0.1) is 5.92 Å². The van der Waals surface area contributed by atoms with Gasteiger partial charge in [0.25, 0.3) is 0 Å². The lowest BCUT2D eigenvalue weighted by atomic mass is 9.90. The molecule has 1 unspecified atom stereocenters. The summed E-state index contributed by atoms with van der Waals surface area (Å²) in [7, 11) is -3.13. The van der Waals surface area contributed by atoms with Crippen molar-refractivity contribution in [2.45, 2.75) is 30.2 Å². The normalized spacial score (nSPS) is 19.3. The third-order valence-corrected chi connectivity index (χ3v) is 4.79. The number of sulfone groups is 1. The van der Waals surface area contributed by atoms with Gasteiger partial charge in [-0.15, -0.1) is 0 Å². The molecule has 1 heterocycles. The molecule has 19 heavy (non-hydrogen) atoms. The third kappa shape index (κ3) is 4.03. The molecule has 2 rings (SSSR count). The van der Waals surface area contributed by atoms with Crippen molar-refractivity contribution in [1.29, 1.82) is 0 Å². The maximum atomic E-state index is 11.4. The van der Waals surface area contributed by atoms with E-state index in [1.54, 1.807) is 12.1 Å². The first-order valence-electron chi connectivity index (χ1n) is 6.60. The second-order valence-electron chi connectivity index (χ2n) is 5.24. The summed E-state index contributed by atoms with van der Waals surface area (Å²) in [6.45, 7) is 1.65. The predicted octanol–water partition coefficient (Wildman–Crippen LogP) is 1.91. The number of hydrogen-bond acceptors (Lipinski definition) is 4. The van der Waals surface area contributed by atoms with Gasteiger partial charge in [0.15, 0.2) is 9.84 Å². The number of nitrogens with two attached hydrogens (primary N) is 1. The summed E-state index contributed by atoms with van der Waals surface area (Å²) in [6, 6.07) is 6.88. The Balaban J connectivity index is 2.01. The second kappa shape index (κ2) is 6.03. The van der Waals surface area contributed by atoms with E-state index in [4.69, 9.17) is 10.5 Å². The average Bonchev–Trinajstić information content (AvgIpc) is 2.39. The van der Waals surface area contributed by atoms with E-state index in [2.05, 4.69) is 0 Å². The van der Waals surface area contributed by atoms with Gasteiger partial charge in [0.05, 0.1) is 4.90 Å². The van der Waals surface area contributed by atoms with Crippen molar-refractivity contribution in [2.75, 3.05) is 19.5 Å². The molecule has 0 radical (unpaired) electrons. The minimum Gasteiger partial charge on any atom is -0.381 e. The van der Waals surface area contributed by atoms with Crippen molar-refractivity contribution >= 4 is 9.84 Å². The van der Waals surface area contributed by atoms with Gasteiger partial charge in [-0.25, -0.2) is 8.42 Å². The molecule has 0 amide bonds. The second-order valence-corrected chi connectivity index (χ2v) is 7.25. The van der Waals surface area contributed by atoms with Crippen LogP contribution >= 0.6 is 0 Å². The zero-order valence-electron chi connectivity index (χ0n) is 11.2. The van der Waals surface area contributed by atoms with Gasteiger partial charge in [0.1, 0.15) is 0 Å². The summed E-state index contributed by atoms with van der Waals surface area (Å²) in [5.41, 5.74) is 7.19. The van der Waals surface area contributed by atoms with E-state index < -0.39 is 9.84 Å². The molecular formula is C14H21NO3S. The predicted molar refractivity (Wildman–Crippen MR) is 74.6 cm³/mol. The van der Waals surface area contributed by atoms with Gasteiger partial charge < -0.3 is 10.5 Å². The fraction of sp³-hybridized carbons (Fsp3) is 0.571. The topological polar surface area (TPSA) is 69.4 Å². The Labute approximate surface area is 114 Å². The van der Waals surface area contributed by atoms with E-state index in [1.165, 1.54) is 6.26 Å². The van der Waals surface area contributed by atoms with Gasteiger partial charge in [-0.05, 0) is 42.9 Å². The zero-order valence-corrected chi connectivity index (χ0v) is 12.0. The highest BCUT2D eigenvalue weighted by molar-refractivity contribution is 7.90. The number of hydrogen-bond donors (Lipinski definition) is 1. The summed E-state index contributed by atoms with van der Waals surface area (Å²) < 4.78 is 28.1. The zero-order chi connectivity index (χ0) is 13.9. The molecule has 1 aliphatic rings. The molecule has 0 aliphatic carbocycles. The van der Waals surface area contributed by atoms with Gasteiger partial charge in [0.2, 0.25) is 0 Å². The Morgan fingerprint density at radius 1 is 1.26 bits per heavy atom. The van der Waals surface area contributed by atoms with Gasteiger partial charge in [-0.3, -0.25) is 0 Å². The lowest BCUT2D eigenvalue weighted by Crippen LogP contribution is -2.21. The molecule has 0 aromatic heterocycles. The number of benzene rings is 1. The molecule has 1 aliphatic heterocycles. The first-order chi connectivity index (χ1) is 8.97. The Kier molecular flexibility index (Phi) is 4.60. The lowest BCUT2D eigenvalue weighted by molar-refractivity contribution is 0.0618. The maximum absolute atomic E-state index is 11.4. The molecule has 0 spiro atoms. The van der Waals surface area contributed by atoms with Crippen molar-refractivity contribution < 1.29 is 13.2 Å². The maximum Gasteiger partial charge on any atom is 0.175 e. The molecular weight excluding hydrogens is 262 g/mol. The molecule has 5 heteroatoms. The molecule has 1 saturated heterocycles. The van der Waals surface area contributed by atoms with Crippen molar-refractivity contribution in [1.82, 2.24) is 0 Å². The Morgan fingerprint density at radius 2 is 1.84 bits per heavy atom. The van der Waals surface area contributed by atoms with E-state index in [-0.39, 0.29) is 6.04 Å². The van der Waals surface area contributed by atoms with E-state index in [1.807, 2.05) is 12.1 Å². The highest BCUT2D eigenvalue weighted by Crippen LogP contribution is 2.26. The molecule has 1 aromatic carbocycles. The van der Waals surface area contributed by atoms with Crippen LogP contribution in [0.4, 0.5) is 0 Å². The highest BCUT2D eigenvalue weighted by Gasteiger charge is 2.18. The Morgan fingerprint density at radius 3 is 2.37 bits per heavy atom. The summed E-state index contributed by atoms with van der Waals surface area (Å²) in [4.78, 5) is 0.342. The Bertz CT molecular complexity index is 504. The van der Waals surface area contributed by atoms with Crippen molar-refractivity contribution in [2.24, 2.45) is 11.7 Å². The van der Waals surface area contributed by atoms with Crippen LogP contribution in [0.3, 0.4) is 0 Å².